The lowest BCUT2D eigenvalue weighted by atomic mass is 10.1. The SMILES string of the molecule is CC(C)(C)OC(=O)N1CCCC1C(=O)Nc1ccc(-c2ccccc2S(C)(=O)=O)cc1. The standard InChI is InChI=1S/C23H28N2O5S/c1-23(2,3)30-22(27)25-15-7-9-19(25)21(26)24-17-13-11-16(12-14-17)18-8-5-6-10-20(18)31(4,28)29/h5-6,8,10-14,19H,7,9,15H2,1-4H3,(H,24,26). The van der Waals surface area contributed by atoms with Crippen LogP contribution in [0.1, 0.15) is 33.6 Å². The molecule has 0 bridgehead atoms. The minimum Gasteiger partial charge on any atom is -0.444 e. The maximum atomic E-state index is 12.8. The number of benzene rings is 2. The Hall–Kier alpha value is -2.87. The van der Waals surface area contributed by atoms with Gasteiger partial charge >= 0.3 is 6.09 Å². The Morgan fingerprint density at radius 2 is 1.71 bits per heavy atom. The van der Waals surface area contributed by atoms with E-state index < -0.39 is 27.6 Å². The molecule has 1 fully saturated rings. The van der Waals surface area contributed by atoms with Crippen LogP contribution in [0.25, 0.3) is 11.1 Å². The van der Waals surface area contributed by atoms with Crippen LogP contribution in [0.15, 0.2) is 53.4 Å². The van der Waals surface area contributed by atoms with Crippen molar-refractivity contribution in [3.8, 4) is 11.1 Å². The molecule has 2 aromatic carbocycles. The summed E-state index contributed by atoms with van der Waals surface area (Å²) in [5, 5.41) is 2.85. The highest BCUT2D eigenvalue weighted by molar-refractivity contribution is 7.90. The molecule has 3 rings (SSSR count). The molecule has 31 heavy (non-hydrogen) atoms. The van der Waals surface area contributed by atoms with Crippen molar-refractivity contribution in [2.24, 2.45) is 0 Å². The van der Waals surface area contributed by atoms with Crippen LogP contribution < -0.4 is 5.32 Å². The summed E-state index contributed by atoms with van der Waals surface area (Å²) in [5.41, 5.74) is 1.28. The van der Waals surface area contributed by atoms with Crippen molar-refractivity contribution in [3.63, 3.8) is 0 Å². The zero-order chi connectivity index (χ0) is 22.8. The van der Waals surface area contributed by atoms with E-state index in [0.717, 1.165) is 12.0 Å². The van der Waals surface area contributed by atoms with Gasteiger partial charge in [0, 0.05) is 24.1 Å². The minimum absolute atomic E-state index is 0.255. The maximum absolute atomic E-state index is 12.8. The predicted molar refractivity (Wildman–Crippen MR) is 120 cm³/mol. The lowest BCUT2D eigenvalue weighted by molar-refractivity contribution is -0.120. The van der Waals surface area contributed by atoms with E-state index in [2.05, 4.69) is 5.32 Å². The molecule has 1 saturated heterocycles. The second-order valence-corrected chi connectivity index (χ2v) is 10.7. The molecule has 7 nitrogen and oxygen atoms in total. The summed E-state index contributed by atoms with van der Waals surface area (Å²) in [6.07, 6.45) is 2.00. The number of sulfone groups is 1. The second-order valence-electron chi connectivity index (χ2n) is 8.67. The summed E-state index contributed by atoms with van der Waals surface area (Å²) in [5.74, 6) is -0.271. The zero-order valence-corrected chi connectivity index (χ0v) is 19.0. The average molecular weight is 445 g/mol. The first kappa shape index (κ1) is 22.8. The summed E-state index contributed by atoms with van der Waals surface area (Å²) in [6.45, 7) is 5.85. The predicted octanol–water partition coefficient (Wildman–Crippen LogP) is 4.10. The first-order valence-electron chi connectivity index (χ1n) is 10.2. The molecule has 166 valence electrons. The molecule has 0 aromatic heterocycles. The van der Waals surface area contributed by atoms with Gasteiger partial charge in [-0.2, -0.15) is 0 Å². The first-order valence-corrected chi connectivity index (χ1v) is 12.0. The fraction of sp³-hybridized carbons (Fsp3) is 0.391. The number of nitrogens with one attached hydrogen (secondary N) is 1. The van der Waals surface area contributed by atoms with E-state index in [1.54, 1.807) is 69.3 Å². The number of amides is 2. The van der Waals surface area contributed by atoms with E-state index >= 15 is 0 Å². The van der Waals surface area contributed by atoms with Gasteiger partial charge in [-0.3, -0.25) is 9.69 Å². The van der Waals surface area contributed by atoms with E-state index in [9.17, 15) is 18.0 Å². The third-order valence-corrected chi connectivity index (χ3v) is 6.09. The summed E-state index contributed by atoms with van der Waals surface area (Å²) in [7, 11) is -3.37. The number of carbonyl (C=O) groups is 2. The lowest BCUT2D eigenvalue weighted by Gasteiger charge is -2.28. The molecule has 2 amide bonds. The van der Waals surface area contributed by atoms with E-state index in [4.69, 9.17) is 4.74 Å². The van der Waals surface area contributed by atoms with Crippen molar-refractivity contribution in [1.82, 2.24) is 4.90 Å². The fourth-order valence-corrected chi connectivity index (χ4v) is 4.48. The van der Waals surface area contributed by atoms with E-state index in [-0.39, 0.29) is 10.8 Å². The molecule has 0 radical (unpaired) electrons. The Morgan fingerprint density at radius 1 is 1.06 bits per heavy atom. The van der Waals surface area contributed by atoms with E-state index in [0.29, 0.717) is 24.2 Å². The second kappa shape index (κ2) is 8.70. The highest BCUT2D eigenvalue weighted by Gasteiger charge is 2.36. The van der Waals surface area contributed by atoms with Crippen LogP contribution in [0, 0.1) is 0 Å². The Morgan fingerprint density at radius 3 is 2.32 bits per heavy atom. The van der Waals surface area contributed by atoms with Crippen LogP contribution >= 0.6 is 0 Å². The smallest absolute Gasteiger partial charge is 0.410 e. The van der Waals surface area contributed by atoms with Crippen LogP contribution in [0.4, 0.5) is 10.5 Å². The highest BCUT2D eigenvalue weighted by atomic mass is 32.2. The summed E-state index contributed by atoms with van der Waals surface area (Å²) in [4.78, 5) is 26.9. The van der Waals surface area contributed by atoms with Gasteiger partial charge in [-0.25, -0.2) is 13.2 Å². The van der Waals surface area contributed by atoms with Gasteiger partial charge in [0.25, 0.3) is 0 Å². The molecule has 0 spiro atoms. The third-order valence-electron chi connectivity index (χ3n) is 4.93. The van der Waals surface area contributed by atoms with Crippen molar-refractivity contribution in [2.75, 3.05) is 18.1 Å². The molecule has 1 atom stereocenters. The molecule has 0 aliphatic carbocycles. The molecular formula is C23H28N2O5S. The van der Waals surface area contributed by atoms with Gasteiger partial charge in [0.2, 0.25) is 5.91 Å². The maximum Gasteiger partial charge on any atom is 0.410 e. The Balaban J connectivity index is 1.73. The first-order chi connectivity index (χ1) is 14.5. The van der Waals surface area contributed by atoms with Crippen molar-refractivity contribution < 1.29 is 22.7 Å². The quantitative estimate of drug-likeness (QED) is 0.767. The van der Waals surface area contributed by atoms with E-state index in [1.807, 2.05) is 0 Å². The zero-order valence-electron chi connectivity index (χ0n) is 18.2. The third kappa shape index (κ3) is 5.64. The largest absolute Gasteiger partial charge is 0.444 e. The molecule has 1 aliphatic heterocycles. The van der Waals surface area contributed by atoms with Crippen LogP contribution in [0.2, 0.25) is 0 Å². The van der Waals surface area contributed by atoms with Crippen molar-refractivity contribution in [1.29, 1.82) is 0 Å². The van der Waals surface area contributed by atoms with Crippen molar-refractivity contribution in [3.05, 3.63) is 48.5 Å². The van der Waals surface area contributed by atoms with Crippen molar-refractivity contribution >= 4 is 27.5 Å². The number of carbonyl (C=O) groups excluding carboxylic acids is 2. The molecule has 8 heteroatoms. The van der Waals surface area contributed by atoms with Gasteiger partial charge in [-0.1, -0.05) is 30.3 Å². The van der Waals surface area contributed by atoms with Crippen LogP contribution in [-0.2, 0) is 19.4 Å². The number of likely N-dealkylation sites (tertiary alicyclic amines) is 1. The number of hydrogen-bond donors (Lipinski definition) is 1. The number of rotatable bonds is 4. The highest BCUT2D eigenvalue weighted by Crippen LogP contribution is 2.29. The van der Waals surface area contributed by atoms with Gasteiger partial charge in [-0.15, -0.1) is 0 Å². The Labute approximate surface area is 183 Å². The number of hydrogen-bond acceptors (Lipinski definition) is 5. The summed E-state index contributed by atoms with van der Waals surface area (Å²) >= 11 is 0. The van der Waals surface area contributed by atoms with E-state index in [1.165, 1.54) is 11.2 Å². The molecule has 1 unspecified atom stereocenters. The van der Waals surface area contributed by atoms with Gasteiger partial charge in [0.05, 0.1) is 4.90 Å². The average Bonchev–Trinajstić information content (AvgIpc) is 3.17. The van der Waals surface area contributed by atoms with Crippen molar-refractivity contribution in [2.45, 2.75) is 50.2 Å². The molecule has 0 saturated carbocycles. The Bertz CT molecular complexity index is 1070. The molecule has 1 heterocycles. The molecule has 1 aliphatic rings. The van der Waals surface area contributed by atoms with Gasteiger partial charge in [0.1, 0.15) is 11.6 Å². The molecule has 2 aromatic rings. The topological polar surface area (TPSA) is 92.8 Å². The number of ether oxygens (including phenoxy) is 1. The minimum atomic E-state index is -3.37. The molecule has 1 N–H and O–H groups in total. The Kier molecular flexibility index (Phi) is 6.40. The lowest BCUT2D eigenvalue weighted by Crippen LogP contribution is -2.45. The van der Waals surface area contributed by atoms with Gasteiger partial charge in [-0.05, 0) is 57.4 Å². The summed E-state index contributed by atoms with van der Waals surface area (Å²) in [6, 6.07) is 13.2. The monoisotopic (exact) mass is 444 g/mol. The summed E-state index contributed by atoms with van der Waals surface area (Å²) < 4.78 is 29.5. The number of nitrogens with zero attached hydrogens (tertiary/aromatic N) is 1. The fourth-order valence-electron chi connectivity index (χ4n) is 3.57. The normalized spacial score (nSPS) is 16.8. The van der Waals surface area contributed by atoms with Crippen LogP contribution in [0.5, 0.6) is 0 Å². The van der Waals surface area contributed by atoms with Crippen LogP contribution in [-0.4, -0.2) is 49.8 Å². The van der Waals surface area contributed by atoms with Gasteiger partial charge < -0.3 is 10.1 Å². The van der Waals surface area contributed by atoms with Crippen LogP contribution in [0.3, 0.4) is 0 Å². The van der Waals surface area contributed by atoms with Gasteiger partial charge in [0.15, 0.2) is 9.84 Å². The molecular weight excluding hydrogens is 416 g/mol. The number of anilines is 1.